The van der Waals surface area contributed by atoms with E-state index in [1.54, 1.807) is 12.1 Å². The number of aryl methyl sites for hydroxylation is 1. The second-order valence-corrected chi connectivity index (χ2v) is 7.74. The number of carboxylic acids is 1. The monoisotopic (exact) mass is 397 g/mol. The summed E-state index contributed by atoms with van der Waals surface area (Å²) in [7, 11) is 0. The molecule has 142 valence electrons. The van der Waals surface area contributed by atoms with E-state index in [1.807, 2.05) is 24.3 Å². The van der Waals surface area contributed by atoms with Gasteiger partial charge in [-0.3, -0.25) is 0 Å². The Hall–Kier alpha value is -3.24. The highest BCUT2D eigenvalue weighted by atomic mass is 32.1. The van der Waals surface area contributed by atoms with Gasteiger partial charge in [-0.1, -0.05) is 54.6 Å². The number of carboxylic acid groups (broad SMARTS) is 1. The first kappa shape index (κ1) is 17.8. The zero-order valence-corrected chi connectivity index (χ0v) is 16.6. The summed E-state index contributed by atoms with van der Waals surface area (Å²) in [5.41, 5.74) is 8.27. The van der Waals surface area contributed by atoms with Gasteiger partial charge in [-0.2, -0.15) is 0 Å². The molecule has 0 amide bonds. The molecule has 29 heavy (non-hydrogen) atoms. The summed E-state index contributed by atoms with van der Waals surface area (Å²) in [5, 5.41) is 9.58. The molecule has 3 nitrogen and oxygen atoms in total. The predicted molar refractivity (Wildman–Crippen MR) is 118 cm³/mol. The van der Waals surface area contributed by atoms with Crippen LogP contribution in [0.15, 0.2) is 83.8 Å². The van der Waals surface area contributed by atoms with E-state index in [9.17, 15) is 9.90 Å². The molecule has 0 bridgehead atoms. The molecule has 0 atom stereocenters. The number of rotatable bonds is 3. The average Bonchev–Trinajstić information content (AvgIpc) is 3.15. The van der Waals surface area contributed by atoms with Crippen molar-refractivity contribution >= 4 is 18.6 Å². The third kappa shape index (κ3) is 2.97. The normalized spacial score (nSPS) is 12.3. The van der Waals surface area contributed by atoms with Gasteiger partial charge in [0.1, 0.15) is 0 Å². The van der Waals surface area contributed by atoms with Crippen LogP contribution in [0.25, 0.3) is 28.1 Å². The number of hydrogen-bond donors (Lipinski definition) is 2. The van der Waals surface area contributed by atoms with E-state index in [-0.39, 0.29) is 5.56 Å². The van der Waals surface area contributed by atoms with Gasteiger partial charge in [0.25, 0.3) is 0 Å². The Morgan fingerprint density at radius 2 is 1.62 bits per heavy atom. The smallest absolute Gasteiger partial charge is 0.336 e. The van der Waals surface area contributed by atoms with Crippen molar-refractivity contribution in [1.29, 1.82) is 0 Å². The third-order valence-electron chi connectivity index (χ3n) is 5.58. The van der Waals surface area contributed by atoms with Crippen molar-refractivity contribution in [2.45, 2.75) is 17.7 Å². The van der Waals surface area contributed by atoms with Crippen molar-refractivity contribution in [2.24, 2.45) is 0 Å². The van der Waals surface area contributed by atoms with Crippen LogP contribution in [0, 0.1) is 0 Å². The first-order chi connectivity index (χ1) is 14.1. The van der Waals surface area contributed by atoms with Crippen LogP contribution < -0.4 is 0 Å². The first-order valence-corrected chi connectivity index (χ1v) is 10.0. The Kier molecular flexibility index (Phi) is 4.29. The van der Waals surface area contributed by atoms with Crippen LogP contribution in [0.2, 0.25) is 0 Å². The van der Waals surface area contributed by atoms with Crippen LogP contribution >= 0.6 is 12.6 Å². The number of fused-ring (bicyclic) bond motifs is 3. The lowest BCUT2D eigenvalue weighted by Gasteiger charge is -2.20. The Morgan fingerprint density at radius 3 is 2.41 bits per heavy atom. The molecule has 1 N–H and O–H groups in total. The predicted octanol–water partition coefficient (Wildman–Crippen LogP) is 5.90. The van der Waals surface area contributed by atoms with E-state index >= 15 is 0 Å². The van der Waals surface area contributed by atoms with E-state index in [4.69, 9.17) is 0 Å². The molecule has 1 aliphatic carbocycles. The minimum Gasteiger partial charge on any atom is -0.478 e. The maximum Gasteiger partial charge on any atom is 0.336 e. The Labute approximate surface area is 174 Å². The molecule has 0 fully saturated rings. The molecule has 0 aliphatic heterocycles. The molecular formula is C25H19NO2S. The van der Waals surface area contributed by atoms with Gasteiger partial charge in [0.2, 0.25) is 0 Å². The van der Waals surface area contributed by atoms with Crippen molar-refractivity contribution in [3.8, 4) is 28.1 Å². The number of aromatic nitrogens is 1. The second kappa shape index (κ2) is 6.98. The van der Waals surface area contributed by atoms with Crippen LogP contribution in [-0.2, 0) is 12.8 Å². The lowest BCUT2D eigenvalue weighted by atomic mass is 9.90. The molecule has 0 saturated heterocycles. The molecular weight excluding hydrogens is 378 g/mol. The van der Waals surface area contributed by atoms with Gasteiger partial charge >= 0.3 is 5.97 Å². The summed E-state index contributed by atoms with van der Waals surface area (Å²) < 4.78 is 2.21. The first-order valence-electron chi connectivity index (χ1n) is 9.58. The number of nitrogens with zero attached hydrogens (tertiary/aromatic N) is 1. The molecule has 4 heteroatoms. The van der Waals surface area contributed by atoms with Gasteiger partial charge in [0.15, 0.2) is 0 Å². The quantitative estimate of drug-likeness (QED) is 0.423. The van der Waals surface area contributed by atoms with Gasteiger partial charge in [0, 0.05) is 21.8 Å². The molecule has 0 unspecified atom stereocenters. The number of hydrogen-bond acceptors (Lipinski definition) is 2. The number of benzene rings is 3. The van der Waals surface area contributed by atoms with E-state index in [0.29, 0.717) is 4.90 Å². The number of thiol groups is 1. The largest absolute Gasteiger partial charge is 0.478 e. The molecule has 0 spiro atoms. The van der Waals surface area contributed by atoms with Gasteiger partial charge in [0.05, 0.1) is 11.3 Å². The zero-order valence-electron chi connectivity index (χ0n) is 15.7. The fourth-order valence-electron chi connectivity index (χ4n) is 4.23. The van der Waals surface area contributed by atoms with Gasteiger partial charge in [-0.25, -0.2) is 4.79 Å². The van der Waals surface area contributed by atoms with Crippen molar-refractivity contribution in [3.63, 3.8) is 0 Å². The topological polar surface area (TPSA) is 42.2 Å². The molecule has 1 aromatic heterocycles. The van der Waals surface area contributed by atoms with Crippen LogP contribution in [0.1, 0.15) is 21.6 Å². The third-order valence-corrected chi connectivity index (χ3v) is 5.97. The van der Waals surface area contributed by atoms with Crippen LogP contribution in [0.5, 0.6) is 0 Å². The van der Waals surface area contributed by atoms with Crippen LogP contribution in [-0.4, -0.2) is 15.6 Å². The summed E-state index contributed by atoms with van der Waals surface area (Å²) in [5.74, 6) is -0.968. The zero-order chi connectivity index (χ0) is 20.0. The highest BCUT2D eigenvalue weighted by molar-refractivity contribution is 7.80. The minimum atomic E-state index is -0.968. The molecule has 3 aromatic carbocycles. The maximum atomic E-state index is 11.7. The lowest BCUT2D eigenvalue weighted by Crippen LogP contribution is -2.09. The molecule has 0 radical (unpaired) electrons. The summed E-state index contributed by atoms with van der Waals surface area (Å²) in [4.78, 5) is 12.2. The molecule has 1 aliphatic rings. The minimum absolute atomic E-state index is 0.212. The Balaban J connectivity index is 1.81. The van der Waals surface area contributed by atoms with Gasteiger partial charge in [-0.15, -0.1) is 12.6 Å². The average molecular weight is 397 g/mol. The van der Waals surface area contributed by atoms with Crippen molar-refractivity contribution in [3.05, 3.63) is 95.7 Å². The highest BCUT2D eigenvalue weighted by Gasteiger charge is 2.24. The van der Waals surface area contributed by atoms with Crippen molar-refractivity contribution in [1.82, 2.24) is 4.57 Å². The van der Waals surface area contributed by atoms with Crippen molar-refractivity contribution < 1.29 is 9.90 Å². The molecule has 5 rings (SSSR count). The Morgan fingerprint density at radius 1 is 0.862 bits per heavy atom. The van der Waals surface area contributed by atoms with Gasteiger partial charge in [-0.05, 0) is 53.8 Å². The van der Waals surface area contributed by atoms with Crippen molar-refractivity contribution in [2.75, 3.05) is 0 Å². The van der Waals surface area contributed by atoms with E-state index in [1.165, 1.54) is 22.4 Å². The standard InChI is InChI=1S/C25H19NO2S/c27-25(28)21-14-18(11-13-24(21)29)26-22-12-10-16-6-4-5-9-19(16)20(22)15-23(26)17-7-2-1-3-8-17/h1-9,11,13-15,29H,10,12H2,(H,27,28). The Bertz CT molecular complexity index is 1240. The summed E-state index contributed by atoms with van der Waals surface area (Å²) in [6.45, 7) is 0. The summed E-state index contributed by atoms with van der Waals surface area (Å²) in [6, 6.07) is 26.4. The lowest BCUT2D eigenvalue weighted by molar-refractivity contribution is 0.0693. The van der Waals surface area contributed by atoms with E-state index < -0.39 is 5.97 Å². The van der Waals surface area contributed by atoms with Gasteiger partial charge < -0.3 is 9.67 Å². The molecule has 1 heterocycles. The van der Waals surface area contributed by atoms with Crippen LogP contribution in [0.3, 0.4) is 0 Å². The molecule has 0 saturated carbocycles. The van der Waals surface area contributed by atoms with Crippen LogP contribution in [0.4, 0.5) is 0 Å². The van der Waals surface area contributed by atoms with E-state index in [2.05, 4.69) is 59.7 Å². The fourth-order valence-corrected chi connectivity index (χ4v) is 4.47. The molecule has 4 aromatic rings. The number of carbonyl (C=O) groups is 1. The maximum absolute atomic E-state index is 11.7. The summed E-state index contributed by atoms with van der Waals surface area (Å²) >= 11 is 4.32. The summed E-state index contributed by atoms with van der Waals surface area (Å²) in [6.07, 6.45) is 1.88. The fraction of sp³-hybridized carbons (Fsp3) is 0.0800. The SMILES string of the molecule is O=C(O)c1cc(-n2c(-c3ccccc3)cc3c2CCc2ccccc2-3)ccc1S. The number of aromatic carboxylic acids is 1. The second-order valence-electron chi connectivity index (χ2n) is 7.26. The van der Waals surface area contributed by atoms with E-state index in [0.717, 1.165) is 29.8 Å². The highest BCUT2D eigenvalue weighted by Crippen LogP contribution is 2.40.